The number of hydrogen-bond donors (Lipinski definition) is 2. The quantitative estimate of drug-likeness (QED) is 0.541. The normalized spacial score (nSPS) is 13.1. The van der Waals surface area contributed by atoms with Gasteiger partial charge in [-0.2, -0.15) is 0 Å². The highest BCUT2D eigenvalue weighted by atomic mass is 32.3. The van der Waals surface area contributed by atoms with Crippen LogP contribution in [0.5, 0.6) is 0 Å². The maximum absolute atomic E-state index is 9.86. The van der Waals surface area contributed by atoms with Crippen molar-refractivity contribution in [2.45, 2.75) is 0 Å². The summed E-state index contributed by atoms with van der Waals surface area (Å²) in [6.45, 7) is 6.91. The topological polar surface area (TPSA) is 71.7 Å². The predicted molar refractivity (Wildman–Crippen MR) is 65.8 cm³/mol. The highest BCUT2D eigenvalue weighted by Crippen LogP contribution is 2.45. The van der Waals surface area contributed by atoms with Crippen LogP contribution in [-0.4, -0.2) is 44.5 Å². The minimum Gasteiger partial charge on any atom is -0.277 e. The van der Waals surface area contributed by atoms with E-state index in [1.165, 1.54) is 39.2 Å². The van der Waals surface area contributed by atoms with Crippen LogP contribution in [0.15, 0.2) is 35.5 Å². The van der Waals surface area contributed by atoms with E-state index in [1.807, 2.05) is 0 Å². The average Bonchev–Trinajstić information content (AvgIpc) is 2.21. The lowest BCUT2D eigenvalue weighted by Crippen LogP contribution is -2.32. The third-order valence-corrected chi connectivity index (χ3v) is 3.00. The molecular weight excluding hydrogens is 216 g/mol. The van der Waals surface area contributed by atoms with Crippen LogP contribution in [0, 0.1) is 0 Å². The van der Waals surface area contributed by atoms with Crippen LogP contribution in [-0.2, 0) is 0 Å². The molecule has 6 nitrogen and oxygen atoms in total. The molecule has 0 aromatic carbocycles. The second-order valence-electron chi connectivity index (χ2n) is 2.32. The van der Waals surface area contributed by atoms with Gasteiger partial charge in [0.1, 0.15) is 12.7 Å². The molecule has 0 amide bonds. The first-order chi connectivity index (χ1) is 7.04. The third kappa shape index (κ3) is 3.39. The van der Waals surface area contributed by atoms with E-state index >= 15 is 0 Å². The molecule has 7 heteroatoms. The van der Waals surface area contributed by atoms with Crippen LogP contribution in [0.3, 0.4) is 0 Å². The van der Waals surface area contributed by atoms with Gasteiger partial charge in [0.2, 0.25) is 0 Å². The minimum atomic E-state index is -3.26. The molecule has 0 rings (SSSR count). The van der Waals surface area contributed by atoms with E-state index < -0.39 is 11.0 Å². The van der Waals surface area contributed by atoms with Crippen LogP contribution in [0.25, 0.3) is 0 Å². The summed E-state index contributed by atoms with van der Waals surface area (Å²) in [4.78, 5) is 7.35. The van der Waals surface area contributed by atoms with Gasteiger partial charge in [0.05, 0.1) is 0 Å². The molecule has 0 bridgehead atoms. The lowest BCUT2D eigenvalue weighted by atomic mass is 11.0. The first-order valence-corrected chi connectivity index (χ1v) is 5.45. The van der Waals surface area contributed by atoms with Gasteiger partial charge in [-0.15, -0.1) is 0 Å². The Bertz CT molecular complexity index is 252. The smallest absolute Gasteiger partial charge is 0.110 e. The molecule has 0 saturated heterocycles. The fourth-order valence-corrected chi connectivity index (χ4v) is 1.82. The summed E-state index contributed by atoms with van der Waals surface area (Å²) in [5.74, 6) is 0. The summed E-state index contributed by atoms with van der Waals surface area (Å²) in [6.07, 6.45) is 5.01. The summed E-state index contributed by atoms with van der Waals surface area (Å²) in [7, 11) is -0.231. The molecule has 0 aromatic rings. The van der Waals surface area contributed by atoms with Crippen LogP contribution >= 0.6 is 11.0 Å². The van der Waals surface area contributed by atoms with Crippen molar-refractivity contribution in [3.8, 4) is 0 Å². The molecule has 0 aliphatic carbocycles. The largest absolute Gasteiger partial charge is 0.277 e. The predicted octanol–water partition coefficient (Wildman–Crippen LogP) is 1.77. The maximum Gasteiger partial charge on any atom is 0.110 e. The highest BCUT2D eigenvalue weighted by molar-refractivity contribution is 8.21. The van der Waals surface area contributed by atoms with Crippen molar-refractivity contribution in [2.75, 3.05) is 14.1 Å². The molecule has 0 aliphatic rings. The average molecular weight is 232 g/mol. The van der Waals surface area contributed by atoms with Crippen LogP contribution in [0.4, 0.5) is 0 Å². The second kappa shape index (κ2) is 6.23. The van der Waals surface area contributed by atoms with Gasteiger partial charge < -0.3 is 0 Å². The van der Waals surface area contributed by atoms with E-state index in [1.54, 1.807) is 0 Å². The van der Waals surface area contributed by atoms with Crippen molar-refractivity contribution in [1.29, 1.82) is 0 Å². The van der Waals surface area contributed by atoms with Crippen LogP contribution in [0.2, 0.25) is 0 Å². The second-order valence-corrected chi connectivity index (χ2v) is 4.15. The van der Waals surface area contributed by atoms with Crippen molar-refractivity contribution in [1.82, 2.24) is 8.61 Å². The number of rotatable bonds is 6. The summed E-state index contributed by atoms with van der Waals surface area (Å²) in [5, 5.41) is 0. The van der Waals surface area contributed by atoms with E-state index in [4.69, 9.17) is 0 Å². The summed E-state index contributed by atoms with van der Waals surface area (Å²) in [6, 6.07) is 0. The van der Waals surface area contributed by atoms with Crippen LogP contribution in [0.1, 0.15) is 0 Å². The first-order valence-electron chi connectivity index (χ1n) is 3.99. The van der Waals surface area contributed by atoms with Gasteiger partial charge in [0.15, 0.2) is 0 Å². The Balaban J connectivity index is 5.03. The van der Waals surface area contributed by atoms with Gasteiger partial charge in [-0.05, 0) is 11.0 Å². The lowest BCUT2D eigenvalue weighted by Gasteiger charge is -2.44. The van der Waals surface area contributed by atoms with Gasteiger partial charge in [-0.1, -0.05) is 13.2 Å². The zero-order valence-electron chi connectivity index (χ0n) is 8.82. The van der Waals surface area contributed by atoms with Gasteiger partial charge in [0.25, 0.3) is 0 Å². The Kier molecular flexibility index (Phi) is 5.68. The van der Waals surface area contributed by atoms with Crippen LogP contribution < -0.4 is 0 Å². The molecule has 2 N–H and O–H groups in total. The van der Waals surface area contributed by atoms with Crippen molar-refractivity contribution in [2.24, 2.45) is 9.98 Å². The minimum absolute atomic E-state index is 1.08. The van der Waals surface area contributed by atoms with Crippen molar-refractivity contribution in [3.05, 3.63) is 25.6 Å². The Hall–Kier alpha value is -1.31. The van der Waals surface area contributed by atoms with Gasteiger partial charge in [-0.25, -0.2) is 8.61 Å². The Labute approximate surface area is 91.6 Å². The SMILES string of the molecule is C=CN(C=NC)S(O)(O)N(C=C)C=NC. The number of nitrogens with zero attached hydrogens (tertiary/aromatic N) is 4. The van der Waals surface area contributed by atoms with Gasteiger partial charge in [-0.3, -0.25) is 19.1 Å². The zero-order valence-corrected chi connectivity index (χ0v) is 9.63. The molecule has 0 saturated carbocycles. The maximum atomic E-state index is 9.86. The Morgan fingerprint density at radius 1 is 1.00 bits per heavy atom. The summed E-state index contributed by atoms with van der Waals surface area (Å²) in [5.41, 5.74) is 0. The molecule has 0 spiro atoms. The number of hydrogen-bond acceptors (Lipinski definition) is 4. The van der Waals surface area contributed by atoms with E-state index in [0.29, 0.717) is 0 Å². The molecule has 0 fully saturated rings. The summed E-state index contributed by atoms with van der Waals surface area (Å²) < 4.78 is 21.9. The number of aliphatic imine (C=N–C) groups is 2. The van der Waals surface area contributed by atoms with Crippen molar-refractivity contribution in [3.63, 3.8) is 0 Å². The lowest BCUT2D eigenvalue weighted by molar-refractivity contribution is 0.412. The zero-order chi connectivity index (χ0) is 11.9. The van der Waals surface area contributed by atoms with E-state index in [2.05, 4.69) is 23.1 Å². The molecule has 0 unspecified atom stereocenters. The van der Waals surface area contributed by atoms with Gasteiger partial charge in [0, 0.05) is 26.5 Å². The molecule has 0 radical (unpaired) electrons. The molecule has 0 aromatic heterocycles. The van der Waals surface area contributed by atoms with E-state index in [0.717, 1.165) is 8.61 Å². The molecular formula is C8H16N4O2S. The monoisotopic (exact) mass is 232 g/mol. The van der Waals surface area contributed by atoms with Crippen molar-refractivity contribution < 1.29 is 9.11 Å². The Morgan fingerprint density at radius 2 is 1.33 bits per heavy atom. The Morgan fingerprint density at radius 3 is 1.53 bits per heavy atom. The fraction of sp³-hybridized carbons (Fsp3) is 0.250. The molecule has 0 heterocycles. The highest BCUT2D eigenvalue weighted by Gasteiger charge is 2.22. The van der Waals surface area contributed by atoms with E-state index in [9.17, 15) is 9.11 Å². The fourth-order valence-electron chi connectivity index (χ4n) is 0.757. The molecule has 0 aliphatic heterocycles. The standard InChI is InChI=1S/C8H16N4O2S/c1-5-11(7-9-3)15(13,14)12(6-2)8-10-4/h5-8,13-14H,1-2H2,3-4H3. The first kappa shape index (κ1) is 13.7. The van der Waals surface area contributed by atoms with Gasteiger partial charge >= 0.3 is 0 Å². The molecule has 15 heavy (non-hydrogen) atoms. The summed E-state index contributed by atoms with van der Waals surface area (Å²) >= 11 is 0. The van der Waals surface area contributed by atoms with Crippen molar-refractivity contribution >= 4 is 23.6 Å². The molecule has 86 valence electrons. The van der Waals surface area contributed by atoms with E-state index in [-0.39, 0.29) is 0 Å². The third-order valence-electron chi connectivity index (χ3n) is 1.38. The molecule has 0 atom stereocenters.